The van der Waals surface area contributed by atoms with Crippen molar-refractivity contribution in [2.24, 2.45) is 0 Å². The van der Waals surface area contributed by atoms with E-state index in [4.69, 9.17) is 5.73 Å². The Morgan fingerprint density at radius 1 is 1.62 bits per heavy atom. The molecule has 2 N–H and O–H groups in total. The Labute approximate surface area is 102 Å². The summed E-state index contributed by atoms with van der Waals surface area (Å²) in [6.07, 6.45) is 0.507. The highest BCUT2D eigenvalue weighted by Crippen LogP contribution is 2.32. The summed E-state index contributed by atoms with van der Waals surface area (Å²) in [5, 5.41) is 0. The molecule has 0 radical (unpaired) electrons. The van der Waals surface area contributed by atoms with Crippen LogP contribution in [0.25, 0.3) is 0 Å². The highest BCUT2D eigenvalue weighted by molar-refractivity contribution is 9.10. The molecule has 5 heteroatoms. The fraction of sp³-hybridized carbons (Fsp3) is 0.364. The molecule has 1 unspecified atom stereocenters. The first-order valence-electron chi connectivity index (χ1n) is 4.83. The summed E-state index contributed by atoms with van der Waals surface area (Å²) < 4.78 is 18.3. The van der Waals surface area contributed by atoms with Gasteiger partial charge in [0.1, 0.15) is 5.82 Å². The number of methoxy groups -OCH3 is 1. The van der Waals surface area contributed by atoms with E-state index in [-0.39, 0.29) is 0 Å². The van der Waals surface area contributed by atoms with Crippen molar-refractivity contribution in [1.82, 2.24) is 0 Å². The molecule has 0 bridgehead atoms. The summed E-state index contributed by atoms with van der Waals surface area (Å²) in [5.41, 5.74) is 6.63. The summed E-state index contributed by atoms with van der Waals surface area (Å²) in [6, 6.07) is 2.54. The number of nitrogen functional groups attached to an aromatic ring is 1. The van der Waals surface area contributed by atoms with Crippen molar-refractivity contribution in [3.05, 3.63) is 28.0 Å². The SMILES string of the molecule is CCC(C(=O)OC)c1cc(F)cc(Br)c1N. The molecule has 0 spiro atoms. The average molecular weight is 290 g/mol. The van der Waals surface area contributed by atoms with Crippen molar-refractivity contribution >= 4 is 27.6 Å². The number of carbonyl (C=O) groups excluding carboxylic acids is 1. The first-order chi connectivity index (χ1) is 7.51. The minimum Gasteiger partial charge on any atom is -0.469 e. The molecule has 0 aliphatic heterocycles. The van der Waals surface area contributed by atoms with Crippen molar-refractivity contribution < 1.29 is 13.9 Å². The van der Waals surface area contributed by atoms with Crippen molar-refractivity contribution in [1.29, 1.82) is 0 Å². The van der Waals surface area contributed by atoms with Crippen LogP contribution in [-0.2, 0) is 9.53 Å². The van der Waals surface area contributed by atoms with Crippen molar-refractivity contribution in [3.8, 4) is 0 Å². The van der Waals surface area contributed by atoms with E-state index < -0.39 is 17.7 Å². The first kappa shape index (κ1) is 13.0. The molecule has 1 aromatic carbocycles. The van der Waals surface area contributed by atoms with Gasteiger partial charge in [-0.25, -0.2) is 4.39 Å². The number of esters is 1. The molecular formula is C11H13BrFNO2. The molecule has 3 nitrogen and oxygen atoms in total. The van der Waals surface area contributed by atoms with E-state index in [2.05, 4.69) is 20.7 Å². The van der Waals surface area contributed by atoms with E-state index >= 15 is 0 Å². The Bertz CT molecular complexity index is 409. The predicted octanol–water partition coefficient (Wildman–Crippen LogP) is 2.84. The van der Waals surface area contributed by atoms with Crippen LogP contribution in [0.2, 0.25) is 0 Å². The smallest absolute Gasteiger partial charge is 0.313 e. The third-order valence-corrected chi connectivity index (χ3v) is 3.05. The number of benzene rings is 1. The lowest BCUT2D eigenvalue weighted by Crippen LogP contribution is -2.15. The zero-order chi connectivity index (χ0) is 12.3. The second-order valence-electron chi connectivity index (χ2n) is 3.37. The highest BCUT2D eigenvalue weighted by Gasteiger charge is 2.23. The molecule has 1 rings (SSSR count). The Hall–Kier alpha value is -1.10. The summed E-state index contributed by atoms with van der Waals surface area (Å²) in [5.74, 6) is -1.37. The lowest BCUT2D eigenvalue weighted by Gasteiger charge is -2.16. The van der Waals surface area contributed by atoms with Gasteiger partial charge in [-0.1, -0.05) is 6.92 Å². The number of hydrogen-bond acceptors (Lipinski definition) is 3. The van der Waals surface area contributed by atoms with E-state index in [0.717, 1.165) is 0 Å². The van der Waals surface area contributed by atoms with Crippen molar-refractivity contribution in [2.45, 2.75) is 19.3 Å². The van der Waals surface area contributed by atoms with Gasteiger partial charge in [0, 0.05) is 4.47 Å². The number of rotatable bonds is 3. The molecule has 0 aliphatic rings. The van der Waals surface area contributed by atoms with Crippen LogP contribution < -0.4 is 5.73 Å². The number of halogens is 2. The third kappa shape index (κ3) is 2.52. The number of anilines is 1. The van der Waals surface area contributed by atoms with E-state index in [1.807, 2.05) is 6.92 Å². The van der Waals surface area contributed by atoms with Crippen LogP contribution in [0.5, 0.6) is 0 Å². The quantitative estimate of drug-likeness (QED) is 0.688. The van der Waals surface area contributed by atoms with E-state index in [0.29, 0.717) is 22.1 Å². The standard InChI is InChI=1S/C11H13BrFNO2/c1-3-7(11(15)16-2)8-4-6(13)5-9(12)10(8)14/h4-5,7H,3,14H2,1-2H3. The summed E-state index contributed by atoms with van der Waals surface area (Å²) >= 11 is 3.15. The minimum atomic E-state index is -0.531. The van der Waals surface area contributed by atoms with Gasteiger partial charge >= 0.3 is 5.97 Å². The fourth-order valence-corrected chi connectivity index (χ4v) is 2.00. The zero-order valence-electron chi connectivity index (χ0n) is 9.09. The number of hydrogen-bond donors (Lipinski definition) is 1. The second kappa shape index (κ2) is 5.30. The molecule has 0 aliphatic carbocycles. The molecule has 88 valence electrons. The summed E-state index contributed by atoms with van der Waals surface area (Å²) in [7, 11) is 1.30. The molecule has 0 amide bonds. The Morgan fingerprint density at radius 2 is 2.25 bits per heavy atom. The topological polar surface area (TPSA) is 52.3 Å². The Morgan fingerprint density at radius 3 is 2.75 bits per heavy atom. The molecule has 0 aromatic heterocycles. The molecule has 1 atom stereocenters. The largest absolute Gasteiger partial charge is 0.469 e. The van der Waals surface area contributed by atoms with Crippen LogP contribution in [0.15, 0.2) is 16.6 Å². The van der Waals surface area contributed by atoms with Crippen LogP contribution in [-0.4, -0.2) is 13.1 Å². The fourth-order valence-electron chi connectivity index (χ4n) is 1.55. The maximum Gasteiger partial charge on any atom is 0.313 e. The molecular weight excluding hydrogens is 277 g/mol. The van der Waals surface area contributed by atoms with Crippen LogP contribution in [0.4, 0.5) is 10.1 Å². The van der Waals surface area contributed by atoms with Gasteiger partial charge in [-0.05, 0) is 40.0 Å². The normalized spacial score (nSPS) is 12.2. The predicted molar refractivity (Wildman–Crippen MR) is 63.6 cm³/mol. The Kier molecular flexibility index (Phi) is 4.29. The molecule has 0 fully saturated rings. The third-order valence-electron chi connectivity index (χ3n) is 2.40. The van der Waals surface area contributed by atoms with Crippen LogP contribution >= 0.6 is 15.9 Å². The van der Waals surface area contributed by atoms with Gasteiger partial charge in [-0.3, -0.25) is 4.79 Å². The second-order valence-corrected chi connectivity index (χ2v) is 4.23. The number of nitrogens with two attached hydrogens (primary N) is 1. The molecule has 16 heavy (non-hydrogen) atoms. The number of carbonyl (C=O) groups is 1. The van der Waals surface area contributed by atoms with Crippen molar-refractivity contribution in [2.75, 3.05) is 12.8 Å². The van der Waals surface area contributed by atoms with Crippen LogP contribution in [0, 0.1) is 5.82 Å². The van der Waals surface area contributed by atoms with Crippen molar-refractivity contribution in [3.63, 3.8) is 0 Å². The van der Waals surface area contributed by atoms with Gasteiger partial charge in [-0.15, -0.1) is 0 Å². The van der Waals surface area contributed by atoms with Gasteiger partial charge in [0.05, 0.1) is 18.7 Å². The molecule has 0 saturated heterocycles. The maximum atomic E-state index is 13.2. The van der Waals surface area contributed by atoms with Gasteiger partial charge in [0.25, 0.3) is 0 Å². The lowest BCUT2D eigenvalue weighted by molar-refractivity contribution is -0.142. The van der Waals surface area contributed by atoms with E-state index in [1.165, 1.54) is 19.2 Å². The van der Waals surface area contributed by atoms with Crippen LogP contribution in [0.3, 0.4) is 0 Å². The number of ether oxygens (including phenoxy) is 1. The van der Waals surface area contributed by atoms with Gasteiger partial charge < -0.3 is 10.5 Å². The van der Waals surface area contributed by atoms with E-state index in [1.54, 1.807) is 0 Å². The first-order valence-corrected chi connectivity index (χ1v) is 5.62. The molecule has 0 heterocycles. The zero-order valence-corrected chi connectivity index (χ0v) is 10.7. The average Bonchev–Trinajstić information content (AvgIpc) is 2.25. The highest BCUT2D eigenvalue weighted by atomic mass is 79.9. The van der Waals surface area contributed by atoms with Gasteiger partial charge in [0.15, 0.2) is 0 Å². The minimum absolute atomic E-state index is 0.374. The van der Waals surface area contributed by atoms with Gasteiger partial charge in [-0.2, -0.15) is 0 Å². The summed E-state index contributed by atoms with van der Waals surface area (Å²) in [4.78, 5) is 11.5. The lowest BCUT2D eigenvalue weighted by atomic mass is 9.95. The van der Waals surface area contributed by atoms with Gasteiger partial charge in [0.2, 0.25) is 0 Å². The molecule has 0 saturated carbocycles. The molecule has 1 aromatic rings. The van der Waals surface area contributed by atoms with Crippen LogP contribution in [0.1, 0.15) is 24.8 Å². The maximum absolute atomic E-state index is 13.2. The monoisotopic (exact) mass is 289 g/mol. The Balaban J connectivity index is 3.24. The van der Waals surface area contributed by atoms with E-state index in [9.17, 15) is 9.18 Å². The summed E-state index contributed by atoms with van der Waals surface area (Å²) in [6.45, 7) is 1.82.